The Morgan fingerprint density at radius 3 is 2.50 bits per heavy atom. The average molecular weight is 250 g/mol. The zero-order chi connectivity index (χ0) is 12.5. The minimum atomic E-state index is -0.369. The van der Waals surface area contributed by atoms with Crippen LogP contribution in [0.3, 0.4) is 0 Å². The van der Waals surface area contributed by atoms with E-state index in [2.05, 4.69) is 5.10 Å². The van der Waals surface area contributed by atoms with Gasteiger partial charge in [0.25, 0.3) is 5.56 Å². The molecule has 18 heavy (non-hydrogen) atoms. The molecule has 1 heterocycles. The van der Waals surface area contributed by atoms with Crippen LogP contribution in [-0.2, 0) is 0 Å². The molecule has 0 aromatic carbocycles. The quantitative estimate of drug-likeness (QED) is 0.846. The van der Waals surface area contributed by atoms with Crippen molar-refractivity contribution in [1.82, 2.24) is 9.78 Å². The highest BCUT2D eigenvalue weighted by Gasteiger charge is 2.28. The zero-order valence-corrected chi connectivity index (χ0v) is 10.8. The van der Waals surface area contributed by atoms with Gasteiger partial charge >= 0.3 is 0 Å². The molecule has 1 aromatic rings. The summed E-state index contributed by atoms with van der Waals surface area (Å²) >= 11 is 0. The number of hydrogen-bond donors (Lipinski definition) is 2. The molecule has 0 radical (unpaired) electrons. The third-order valence-electron chi connectivity index (χ3n) is 4.59. The highest BCUT2D eigenvalue weighted by molar-refractivity contribution is 5.09. The molecule has 2 unspecified atom stereocenters. The molecule has 0 amide bonds. The minimum Gasteiger partial charge on any atom is -0.391 e. The highest BCUT2D eigenvalue weighted by Crippen LogP contribution is 2.33. The molecule has 2 aliphatic rings. The Kier molecular flexibility index (Phi) is 3.29. The summed E-state index contributed by atoms with van der Waals surface area (Å²) in [5.41, 5.74) is 1.11. The second-order valence-electron chi connectivity index (χ2n) is 5.82. The number of rotatable bonds is 2. The lowest BCUT2D eigenvalue weighted by Crippen LogP contribution is -2.33. The van der Waals surface area contributed by atoms with Gasteiger partial charge in [0.05, 0.1) is 12.1 Å². The van der Waals surface area contributed by atoms with Crippen LogP contribution in [-0.4, -0.2) is 21.0 Å². The first-order chi connectivity index (χ1) is 8.75. The van der Waals surface area contributed by atoms with Crippen LogP contribution in [0.25, 0.3) is 0 Å². The number of nitrogens with zero attached hydrogens (tertiary/aromatic N) is 1. The SMILES string of the molecule is O=c1cc(C2CCCC2)[nH]n1C1CCCCC1O. The average Bonchev–Trinajstić information content (AvgIpc) is 2.99. The number of aliphatic hydroxyl groups is 1. The van der Waals surface area contributed by atoms with Crippen LogP contribution in [0.1, 0.15) is 69.0 Å². The highest BCUT2D eigenvalue weighted by atomic mass is 16.3. The number of H-pyrrole nitrogens is 1. The third kappa shape index (κ3) is 2.14. The summed E-state index contributed by atoms with van der Waals surface area (Å²) in [5.74, 6) is 0.527. The molecular weight excluding hydrogens is 228 g/mol. The van der Waals surface area contributed by atoms with Crippen molar-refractivity contribution in [2.75, 3.05) is 0 Å². The normalized spacial score (nSPS) is 29.8. The Morgan fingerprint density at radius 1 is 1.11 bits per heavy atom. The van der Waals surface area contributed by atoms with Gasteiger partial charge in [0.15, 0.2) is 0 Å². The van der Waals surface area contributed by atoms with Crippen LogP contribution in [0.2, 0.25) is 0 Å². The molecule has 2 fully saturated rings. The van der Waals surface area contributed by atoms with E-state index in [0.29, 0.717) is 5.92 Å². The van der Waals surface area contributed by atoms with E-state index >= 15 is 0 Å². The maximum absolute atomic E-state index is 12.1. The van der Waals surface area contributed by atoms with Gasteiger partial charge in [-0.3, -0.25) is 9.89 Å². The lowest BCUT2D eigenvalue weighted by molar-refractivity contribution is 0.0676. The smallest absolute Gasteiger partial charge is 0.267 e. The van der Waals surface area contributed by atoms with Crippen molar-refractivity contribution in [1.29, 1.82) is 0 Å². The summed E-state index contributed by atoms with van der Waals surface area (Å²) in [6.45, 7) is 0. The molecule has 3 rings (SSSR count). The van der Waals surface area contributed by atoms with E-state index in [1.807, 2.05) is 0 Å². The second-order valence-corrected chi connectivity index (χ2v) is 5.82. The molecule has 0 bridgehead atoms. The van der Waals surface area contributed by atoms with Crippen molar-refractivity contribution >= 4 is 0 Å². The van der Waals surface area contributed by atoms with E-state index in [9.17, 15) is 9.90 Å². The van der Waals surface area contributed by atoms with E-state index in [0.717, 1.165) is 31.4 Å². The van der Waals surface area contributed by atoms with E-state index in [1.54, 1.807) is 10.7 Å². The number of hydrogen-bond acceptors (Lipinski definition) is 2. The van der Waals surface area contributed by atoms with Gasteiger partial charge in [-0.25, -0.2) is 4.68 Å². The molecule has 100 valence electrons. The van der Waals surface area contributed by atoms with E-state index < -0.39 is 0 Å². The molecule has 2 aliphatic carbocycles. The molecular formula is C14H22N2O2. The Balaban J connectivity index is 1.85. The van der Waals surface area contributed by atoms with Gasteiger partial charge < -0.3 is 5.11 Å². The second kappa shape index (κ2) is 4.92. The summed E-state index contributed by atoms with van der Waals surface area (Å²) in [4.78, 5) is 12.1. The van der Waals surface area contributed by atoms with Crippen LogP contribution >= 0.6 is 0 Å². The Bertz CT molecular complexity index is 457. The summed E-state index contributed by atoms with van der Waals surface area (Å²) in [6.07, 6.45) is 8.44. The molecule has 2 saturated carbocycles. The molecule has 2 atom stereocenters. The van der Waals surface area contributed by atoms with Crippen molar-refractivity contribution < 1.29 is 5.11 Å². The molecule has 2 N–H and O–H groups in total. The lowest BCUT2D eigenvalue weighted by Gasteiger charge is -2.27. The van der Waals surface area contributed by atoms with Crippen LogP contribution in [0.5, 0.6) is 0 Å². The Morgan fingerprint density at radius 2 is 1.78 bits per heavy atom. The largest absolute Gasteiger partial charge is 0.391 e. The van der Waals surface area contributed by atoms with Crippen molar-refractivity contribution in [2.24, 2.45) is 0 Å². The monoisotopic (exact) mass is 250 g/mol. The van der Waals surface area contributed by atoms with Gasteiger partial charge in [-0.05, 0) is 25.7 Å². The van der Waals surface area contributed by atoms with Gasteiger partial charge in [0.2, 0.25) is 0 Å². The third-order valence-corrected chi connectivity index (χ3v) is 4.59. The topological polar surface area (TPSA) is 58.0 Å². The van der Waals surface area contributed by atoms with Gasteiger partial charge in [0.1, 0.15) is 0 Å². The van der Waals surface area contributed by atoms with Crippen molar-refractivity contribution in [3.05, 3.63) is 22.1 Å². The zero-order valence-electron chi connectivity index (χ0n) is 10.8. The van der Waals surface area contributed by atoms with Crippen LogP contribution < -0.4 is 5.56 Å². The fourth-order valence-corrected chi connectivity index (χ4v) is 3.51. The minimum absolute atomic E-state index is 0.0304. The number of aliphatic hydroxyl groups excluding tert-OH is 1. The molecule has 4 nitrogen and oxygen atoms in total. The van der Waals surface area contributed by atoms with Crippen molar-refractivity contribution in [2.45, 2.75) is 69.4 Å². The van der Waals surface area contributed by atoms with Crippen LogP contribution in [0.15, 0.2) is 10.9 Å². The Hall–Kier alpha value is -1.03. The molecule has 0 spiro atoms. The molecule has 0 saturated heterocycles. The molecule has 0 aliphatic heterocycles. The lowest BCUT2D eigenvalue weighted by atomic mass is 9.93. The maximum Gasteiger partial charge on any atom is 0.267 e. The van der Waals surface area contributed by atoms with Crippen LogP contribution in [0.4, 0.5) is 0 Å². The summed E-state index contributed by atoms with van der Waals surface area (Å²) in [6, 6.07) is 1.71. The van der Waals surface area contributed by atoms with Gasteiger partial charge in [0, 0.05) is 17.7 Å². The first-order valence-electron chi connectivity index (χ1n) is 7.25. The predicted octanol–water partition coefficient (Wildman–Crippen LogP) is 2.31. The van der Waals surface area contributed by atoms with Gasteiger partial charge in [-0.1, -0.05) is 25.7 Å². The standard InChI is InChI=1S/C14H22N2O2/c17-13-8-4-3-7-12(13)16-14(18)9-11(15-16)10-5-1-2-6-10/h9-10,12-13,15,17H,1-8H2. The van der Waals surface area contributed by atoms with Gasteiger partial charge in [-0.2, -0.15) is 0 Å². The van der Waals surface area contributed by atoms with E-state index in [-0.39, 0.29) is 17.7 Å². The number of aromatic amines is 1. The van der Waals surface area contributed by atoms with E-state index in [4.69, 9.17) is 0 Å². The summed E-state index contributed by atoms with van der Waals surface area (Å²) in [7, 11) is 0. The fourth-order valence-electron chi connectivity index (χ4n) is 3.51. The fraction of sp³-hybridized carbons (Fsp3) is 0.786. The van der Waals surface area contributed by atoms with Gasteiger partial charge in [-0.15, -0.1) is 0 Å². The van der Waals surface area contributed by atoms with Crippen LogP contribution in [0, 0.1) is 0 Å². The predicted molar refractivity (Wildman–Crippen MR) is 69.8 cm³/mol. The first kappa shape index (κ1) is 12.0. The first-order valence-corrected chi connectivity index (χ1v) is 7.25. The Labute approximate surface area is 107 Å². The number of aromatic nitrogens is 2. The molecule has 1 aromatic heterocycles. The van der Waals surface area contributed by atoms with Crippen molar-refractivity contribution in [3.63, 3.8) is 0 Å². The van der Waals surface area contributed by atoms with E-state index in [1.165, 1.54) is 25.7 Å². The summed E-state index contributed by atoms with van der Waals surface area (Å²) < 4.78 is 1.68. The maximum atomic E-state index is 12.1. The number of nitrogens with one attached hydrogen (secondary N) is 1. The summed E-state index contributed by atoms with van der Waals surface area (Å²) in [5, 5.41) is 13.3. The molecule has 4 heteroatoms. The van der Waals surface area contributed by atoms with Crippen molar-refractivity contribution in [3.8, 4) is 0 Å².